The highest BCUT2D eigenvalue weighted by Crippen LogP contribution is 2.21. The molecule has 1 N–H and O–H groups in total. The maximum Gasteiger partial charge on any atom is 0.240 e. The molecule has 2 rings (SSSR count). The summed E-state index contributed by atoms with van der Waals surface area (Å²) in [6.07, 6.45) is 0. The summed E-state index contributed by atoms with van der Waals surface area (Å²) >= 11 is 5.89. The third kappa shape index (κ3) is 3.53. The Bertz CT molecular complexity index is 688. The van der Waals surface area contributed by atoms with Gasteiger partial charge in [0.1, 0.15) is 18.2 Å². The van der Waals surface area contributed by atoms with E-state index in [0.29, 0.717) is 22.4 Å². The molecule has 1 aromatic carbocycles. The Balaban J connectivity index is 2.42. The monoisotopic (exact) mass is 311 g/mol. The Kier molecular flexibility index (Phi) is 4.23. The van der Waals surface area contributed by atoms with Crippen LogP contribution in [0.4, 0.5) is 4.39 Å². The van der Waals surface area contributed by atoms with Crippen LogP contribution in [0.5, 0.6) is 0 Å². The van der Waals surface area contributed by atoms with Crippen molar-refractivity contribution in [1.82, 2.24) is 14.9 Å². The number of aromatic nitrogens is 2. The second kappa shape index (κ2) is 5.64. The Morgan fingerprint density at radius 2 is 2.10 bits per heavy atom. The normalized spacial score (nSPS) is 11.9. The molecule has 0 bridgehead atoms. The van der Waals surface area contributed by atoms with Crippen molar-refractivity contribution in [2.24, 2.45) is 0 Å². The van der Waals surface area contributed by atoms with Crippen LogP contribution in [0.15, 0.2) is 12.1 Å². The molecule has 21 heavy (non-hydrogen) atoms. The van der Waals surface area contributed by atoms with E-state index in [4.69, 9.17) is 11.6 Å². The third-order valence-electron chi connectivity index (χ3n) is 3.04. The molecule has 0 saturated carbocycles. The molecule has 0 atom stereocenters. The summed E-state index contributed by atoms with van der Waals surface area (Å²) in [6.45, 7) is 7.54. The number of amides is 1. The minimum Gasteiger partial charge on any atom is -0.350 e. The van der Waals surface area contributed by atoms with Crippen LogP contribution >= 0.6 is 11.6 Å². The van der Waals surface area contributed by atoms with Crippen LogP contribution in [0.3, 0.4) is 0 Å². The van der Waals surface area contributed by atoms with Gasteiger partial charge in [0.05, 0.1) is 16.9 Å². The molecule has 0 radical (unpaired) electrons. The molecule has 4 nitrogen and oxygen atoms in total. The molecule has 0 fully saturated rings. The largest absolute Gasteiger partial charge is 0.350 e. The van der Waals surface area contributed by atoms with Gasteiger partial charge in [-0.25, -0.2) is 9.37 Å². The lowest BCUT2D eigenvalue weighted by molar-refractivity contribution is -0.123. The Morgan fingerprint density at radius 3 is 2.67 bits per heavy atom. The fourth-order valence-electron chi connectivity index (χ4n) is 2.18. The summed E-state index contributed by atoms with van der Waals surface area (Å²) in [4.78, 5) is 16.4. The van der Waals surface area contributed by atoms with E-state index in [9.17, 15) is 9.18 Å². The lowest BCUT2D eigenvalue weighted by Gasteiger charge is -2.21. The minimum absolute atomic E-state index is 0.112. The average molecular weight is 312 g/mol. The second-order valence-electron chi connectivity index (χ2n) is 6.14. The molecule has 0 aliphatic heterocycles. The lowest BCUT2D eigenvalue weighted by atomic mass is 10.1. The molecule has 0 saturated heterocycles. The van der Waals surface area contributed by atoms with Crippen LogP contribution in [0.1, 0.15) is 32.2 Å². The van der Waals surface area contributed by atoms with Gasteiger partial charge in [0.25, 0.3) is 0 Å². The number of hydrogen-bond donors (Lipinski definition) is 1. The number of imidazole rings is 1. The summed E-state index contributed by atoms with van der Waals surface area (Å²) in [5.41, 5.74) is 1.43. The molecule has 0 spiro atoms. The number of aryl methyl sites for hydroxylation is 1. The van der Waals surface area contributed by atoms with E-state index in [1.807, 2.05) is 20.8 Å². The van der Waals surface area contributed by atoms with Gasteiger partial charge in [-0.2, -0.15) is 0 Å². The first-order valence-corrected chi connectivity index (χ1v) is 7.27. The fraction of sp³-hybridized carbons (Fsp3) is 0.467. The van der Waals surface area contributed by atoms with Gasteiger partial charge in [0, 0.05) is 11.6 Å². The van der Waals surface area contributed by atoms with Crippen LogP contribution in [-0.4, -0.2) is 21.0 Å². The molecule has 1 aromatic heterocycles. The zero-order valence-electron chi connectivity index (χ0n) is 12.6. The zero-order valence-corrected chi connectivity index (χ0v) is 13.4. The van der Waals surface area contributed by atoms with E-state index in [0.717, 1.165) is 0 Å². The van der Waals surface area contributed by atoms with Crippen LogP contribution in [0, 0.1) is 12.7 Å². The Morgan fingerprint density at radius 1 is 1.43 bits per heavy atom. The van der Waals surface area contributed by atoms with Crippen LogP contribution in [0.25, 0.3) is 11.0 Å². The van der Waals surface area contributed by atoms with E-state index in [1.54, 1.807) is 17.6 Å². The quantitative estimate of drug-likeness (QED) is 0.885. The molecule has 1 amide bonds. The van der Waals surface area contributed by atoms with Gasteiger partial charge in [0.15, 0.2) is 0 Å². The third-order valence-corrected chi connectivity index (χ3v) is 3.28. The topological polar surface area (TPSA) is 46.9 Å². The maximum atomic E-state index is 13.6. The molecule has 0 aliphatic carbocycles. The summed E-state index contributed by atoms with van der Waals surface area (Å²) in [5.74, 6) is 0.279. The highest BCUT2D eigenvalue weighted by molar-refractivity contribution is 6.16. The second-order valence-corrected chi connectivity index (χ2v) is 6.40. The SMILES string of the molecule is Cc1cc2c(cc1F)nc(CCl)n2CC(=O)NC(C)(C)C. The highest BCUT2D eigenvalue weighted by atomic mass is 35.5. The number of nitrogens with one attached hydrogen (secondary N) is 1. The number of carbonyl (C=O) groups is 1. The first-order valence-electron chi connectivity index (χ1n) is 6.73. The van der Waals surface area contributed by atoms with Crippen molar-refractivity contribution in [1.29, 1.82) is 0 Å². The van der Waals surface area contributed by atoms with E-state index in [2.05, 4.69) is 10.3 Å². The molecule has 6 heteroatoms. The van der Waals surface area contributed by atoms with Crippen molar-refractivity contribution in [3.8, 4) is 0 Å². The molecule has 0 aliphatic rings. The van der Waals surface area contributed by atoms with Crippen molar-refractivity contribution in [2.75, 3.05) is 0 Å². The van der Waals surface area contributed by atoms with Crippen molar-refractivity contribution >= 4 is 28.5 Å². The van der Waals surface area contributed by atoms with Crippen LogP contribution in [-0.2, 0) is 17.2 Å². The van der Waals surface area contributed by atoms with Crippen LogP contribution in [0.2, 0.25) is 0 Å². The van der Waals surface area contributed by atoms with Crippen molar-refractivity contribution < 1.29 is 9.18 Å². The number of alkyl halides is 1. The highest BCUT2D eigenvalue weighted by Gasteiger charge is 2.18. The van der Waals surface area contributed by atoms with Crippen LogP contribution < -0.4 is 5.32 Å². The van der Waals surface area contributed by atoms with Gasteiger partial charge in [-0.15, -0.1) is 11.6 Å². The number of carbonyl (C=O) groups excluding carboxylic acids is 1. The predicted molar refractivity (Wildman–Crippen MR) is 81.9 cm³/mol. The van der Waals surface area contributed by atoms with Crippen molar-refractivity contribution in [3.05, 3.63) is 29.3 Å². The van der Waals surface area contributed by atoms with Gasteiger partial charge >= 0.3 is 0 Å². The van der Waals surface area contributed by atoms with Gasteiger partial charge in [-0.1, -0.05) is 0 Å². The van der Waals surface area contributed by atoms with E-state index < -0.39 is 0 Å². The summed E-state index contributed by atoms with van der Waals surface area (Å²) in [6, 6.07) is 3.07. The fourth-order valence-corrected chi connectivity index (χ4v) is 2.38. The number of fused-ring (bicyclic) bond motifs is 1. The van der Waals surface area contributed by atoms with E-state index >= 15 is 0 Å². The number of halogens is 2. The first kappa shape index (κ1) is 15.8. The van der Waals surface area contributed by atoms with E-state index in [-0.39, 0.29) is 29.7 Å². The van der Waals surface area contributed by atoms with Crippen molar-refractivity contribution in [3.63, 3.8) is 0 Å². The summed E-state index contributed by atoms with van der Waals surface area (Å²) in [7, 11) is 0. The van der Waals surface area contributed by atoms with E-state index in [1.165, 1.54) is 6.07 Å². The molecular formula is C15H19ClFN3O. The average Bonchev–Trinajstić information content (AvgIpc) is 2.65. The predicted octanol–water partition coefficient (Wildman–Crippen LogP) is 3.14. The zero-order chi connectivity index (χ0) is 15.8. The molecule has 114 valence electrons. The minimum atomic E-state index is -0.313. The standard InChI is InChI=1S/C15H19ClFN3O/c1-9-5-12-11(6-10(9)17)18-13(7-16)20(12)8-14(21)19-15(2,3)4/h5-6H,7-8H2,1-4H3,(H,19,21). The molecule has 2 aromatic rings. The first-order chi connectivity index (χ1) is 9.71. The van der Waals surface area contributed by atoms with Gasteiger partial charge in [-0.3, -0.25) is 4.79 Å². The van der Waals surface area contributed by atoms with Gasteiger partial charge in [0.2, 0.25) is 5.91 Å². The maximum absolute atomic E-state index is 13.6. The lowest BCUT2D eigenvalue weighted by Crippen LogP contribution is -2.42. The Labute approximate surface area is 128 Å². The number of rotatable bonds is 3. The van der Waals surface area contributed by atoms with Crippen molar-refractivity contribution in [2.45, 2.75) is 45.7 Å². The number of benzene rings is 1. The molecule has 1 heterocycles. The number of hydrogen-bond acceptors (Lipinski definition) is 2. The molecule has 0 unspecified atom stereocenters. The van der Waals surface area contributed by atoms with Gasteiger partial charge < -0.3 is 9.88 Å². The summed E-state index contributed by atoms with van der Waals surface area (Å²) < 4.78 is 15.3. The number of nitrogens with zero attached hydrogens (tertiary/aromatic N) is 2. The Hall–Kier alpha value is -1.62. The smallest absolute Gasteiger partial charge is 0.240 e. The summed E-state index contributed by atoms with van der Waals surface area (Å²) in [5, 5.41) is 2.89. The van der Waals surface area contributed by atoms with Gasteiger partial charge in [-0.05, 0) is 39.3 Å². The molecular weight excluding hydrogens is 293 g/mol.